The molecule has 0 spiro atoms. The first-order valence-electron chi connectivity index (χ1n) is 8.72. The fourth-order valence-corrected chi connectivity index (χ4v) is 2.57. The Morgan fingerprint density at radius 2 is 2.16 bits per heavy atom. The average Bonchev–Trinajstić information content (AvgIpc) is 3.05. The second-order valence-corrected chi connectivity index (χ2v) is 6.04. The van der Waals surface area contributed by atoms with Gasteiger partial charge in [0, 0.05) is 39.1 Å². The Kier molecular flexibility index (Phi) is 7.47. The number of aryl methyl sites for hydroxylation is 1. The maximum absolute atomic E-state index is 12.4. The number of carbonyl (C=O) groups excluding carboxylic acids is 1. The summed E-state index contributed by atoms with van der Waals surface area (Å²) in [6.07, 6.45) is 4.65. The van der Waals surface area contributed by atoms with E-state index >= 15 is 0 Å². The molecule has 1 aromatic carbocycles. The summed E-state index contributed by atoms with van der Waals surface area (Å²) < 4.78 is 7.23. The lowest BCUT2D eigenvalue weighted by molar-refractivity contribution is 0.145. The maximum Gasteiger partial charge on any atom is 0.317 e. The highest BCUT2D eigenvalue weighted by atomic mass is 16.5. The van der Waals surface area contributed by atoms with Crippen LogP contribution in [-0.2, 0) is 17.8 Å². The van der Waals surface area contributed by atoms with Crippen LogP contribution in [0.15, 0.2) is 36.7 Å². The van der Waals surface area contributed by atoms with Crippen LogP contribution >= 0.6 is 0 Å². The van der Waals surface area contributed by atoms with Crippen LogP contribution in [0.3, 0.4) is 0 Å². The molecule has 1 N–H and O–H groups in total. The fourth-order valence-electron chi connectivity index (χ4n) is 2.57. The third-order valence-electron chi connectivity index (χ3n) is 4.11. The number of amides is 2. The van der Waals surface area contributed by atoms with Crippen molar-refractivity contribution in [3.63, 3.8) is 0 Å². The molecule has 1 aromatic heterocycles. The van der Waals surface area contributed by atoms with Gasteiger partial charge in [0.15, 0.2) is 0 Å². The summed E-state index contributed by atoms with van der Waals surface area (Å²) in [6.45, 7) is 7.04. The molecule has 0 bridgehead atoms. The van der Waals surface area contributed by atoms with Gasteiger partial charge >= 0.3 is 6.03 Å². The lowest BCUT2D eigenvalue weighted by atomic mass is 10.1. The molecule has 0 aliphatic carbocycles. The summed E-state index contributed by atoms with van der Waals surface area (Å²) in [5.41, 5.74) is 2.50. The van der Waals surface area contributed by atoms with Crippen molar-refractivity contribution in [2.24, 2.45) is 0 Å². The summed E-state index contributed by atoms with van der Waals surface area (Å²) in [5, 5.41) is 2.93. The van der Waals surface area contributed by atoms with Crippen LogP contribution in [0.5, 0.6) is 0 Å². The van der Waals surface area contributed by atoms with E-state index in [2.05, 4.69) is 33.9 Å². The zero-order chi connectivity index (χ0) is 18.1. The minimum absolute atomic E-state index is 0.0793. The lowest BCUT2D eigenvalue weighted by Crippen LogP contribution is -2.42. The molecule has 0 saturated heterocycles. The Balaban J connectivity index is 2.10. The quantitative estimate of drug-likeness (QED) is 0.761. The summed E-state index contributed by atoms with van der Waals surface area (Å²) in [4.78, 5) is 18.6. The minimum atomic E-state index is -0.0793. The third kappa shape index (κ3) is 5.60. The van der Waals surface area contributed by atoms with E-state index in [-0.39, 0.29) is 6.03 Å². The van der Waals surface area contributed by atoms with Gasteiger partial charge in [-0.3, -0.25) is 0 Å². The molecular formula is C19H28N4O2. The van der Waals surface area contributed by atoms with Gasteiger partial charge in [0.25, 0.3) is 0 Å². The first kappa shape index (κ1) is 19.0. The number of hydrogen-bond donors (Lipinski definition) is 1. The van der Waals surface area contributed by atoms with E-state index in [9.17, 15) is 4.79 Å². The molecule has 0 fully saturated rings. The van der Waals surface area contributed by atoms with Crippen LogP contribution < -0.4 is 5.32 Å². The number of aromatic nitrogens is 2. The lowest BCUT2D eigenvalue weighted by Gasteiger charge is -2.23. The maximum atomic E-state index is 12.4. The summed E-state index contributed by atoms with van der Waals surface area (Å²) in [7, 11) is 1.64. The van der Waals surface area contributed by atoms with Crippen LogP contribution in [0.25, 0.3) is 0 Å². The summed E-state index contributed by atoms with van der Waals surface area (Å²) in [6, 6.07) is 8.23. The Hall–Kier alpha value is -2.34. The van der Waals surface area contributed by atoms with Crippen molar-refractivity contribution in [1.82, 2.24) is 19.8 Å². The van der Waals surface area contributed by atoms with E-state index in [1.807, 2.05) is 25.3 Å². The van der Waals surface area contributed by atoms with E-state index in [0.29, 0.717) is 26.2 Å². The molecule has 25 heavy (non-hydrogen) atoms. The van der Waals surface area contributed by atoms with Crippen LogP contribution in [0, 0.1) is 6.92 Å². The van der Waals surface area contributed by atoms with Gasteiger partial charge in [-0.15, -0.1) is 0 Å². The smallest absolute Gasteiger partial charge is 0.317 e. The van der Waals surface area contributed by atoms with E-state index in [4.69, 9.17) is 4.74 Å². The summed E-state index contributed by atoms with van der Waals surface area (Å²) in [5.74, 6) is 0.867. The van der Waals surface area contributed by atoms with E-state index in [1.54, 1.807) is 18.2 Å². The number of imidazole rings is 1. The zero-order valence-electron chi connectivity index (χ0n) is 15.4. The SMILES string of the molecule is CCCNC(=O)N(CCOC)Cc1nccn1Cc1ccccc1C. The van der Waals surface area contributed by atoms with Crippen molar-refractivity contribution in [2.45, 2.75) is 33.4 Å². The molecular weight excluding hydrogens is 316 g/mol. The number of urea groups is 1. The molecule has 0 aliphatic heterocycles. The molecule has 2 amide bonds. The molecule has 1 heterocycles. The van der Waals surface area contributed by atoms with Crippen molar-refractivity contribution in [3.8, 4) is 0 Å². The van der Waals surface area contributed by atoms with Crippen LogP contribution in [0.1, 0.15) is 30.3 Å². The highest BCUT2D eigenvalue weighted by Gasteiger charge is 2.16. The highest BCUT2D eigenvalue weighted by Crippen LogP contribution is 2.12. The topological polar surface area (TPSA) is 59.4 Å². The number of methoxy groups -OCH3 is 1. The van der Waals surface area contributed by atoms with E-state index in [0.717, 1.165) is 18.8 Å². The van der Waals surface area contributed by atoms with Gasteiger partial charge in [-0.1, -0.05) is 31.2 Å². The van der Waals surface area contributed by atoms with Gasteiger partial charge in [0.2, 0.25) is 0 Å². The van der Waals surface area contributed by atoms with Gasteiger partial charge in [0.05, 0.1) is 13.2 Å². The molecule has 2 rings (SSSR count). The highest BCUT2D eigenvalue weighted by molar-refractivity contribution is 5.74. The number of rotatable bonds is 9. The fraction of sp³-hybridized carbons (Fsp3) is 0.474. The standard InChI is InChI=1S/C19H28N4O2/c1-4-9-21-19(24)23(12-13-25-3)15-18-20-10-11-22(18)14-17-8-6-5-7-16(17)2/h5-8,10-11H,4,9,12-15H2,1-3H3,(H,21,24). The number of nitrogens with one attached hydrogen (secondary N) is 1. The molecule has 2 aromatic rings. The average molecular weight is 344 g/mol. The normalized spacial score (nSPS) is 10.7. The molecule has 0 atom stereocenters. The molecule has 6 heteroatoms. The number of benzene rings is 1. The van der Waals surface area contributed by atoms with Crippen LogP contribution in [0.2, 0.25) is 0 Å². The van der Waals surface area contributed by atoms with Gasteiger partial charge in [-0.25, -0.2) is 9.78 Å². The van der Waals surface area contributed by atoms with Gasteiger partial charge < -0.3 is 19.5 Å². The van der Waals surface area contributed by atoms with Crippen LogP contribution in [-0.4, -0.2) is 47.3 Å². The zero-order valence-corrected chi connectivity index (χ0v) is 15.4. The Morgan fingerprint density at radius 1 is 1.36 bits per heavy atom. The Morgan fingerprint density at radius 3 is 2.88 bits per heavy atom. The van der Waals surface area contributed by atoms with Crippen molar-refractivity contribution in [3.05, 3.63) is 53.6 Å². The monoisotopic (exact) mass is 344 g/mol. The van der Waals surface area contributed by atoms with Crippen LogP contribution in [0.4, 0.5) is 4.79 Å². The first-order chi connectivity index (χ1) is 12.2. The van der Waals surface area contributed by atoms with Crippen molar-refractivity contribution < 1.29 is 9.53 Å². The predicted molar refractivity (Wildman–Crippen MR) is 98.5 cm³/mol. The Bertz CT molecular complexity index is 669. The van der Waals surface area contributed by atoms with Gasteiger partial charge in [-0.2, -0.15) is 0 Å². The number of nitrogens with zero attached hydrogens (tertiary/aromatic N) is 3. The van der Waals surface area contributed by atoms with Crippen molar-refractivity contribution >= 4 is 6.03 Å². The van der Waals surface area contributed by atoms with E-state index < -0.39 is 0 Å². The third-order valence-corrected chi connectivity index (χ3v) is 4.11. The number of ether oxygens (including phenoxy) is 1. The molecule has 0 unspecified atom stereocenters. The number of carbonyl (C=O) groups is 1. The van der Waals surface area contributed by atoms with Crippen molar-refractivity contribution in [1.29, 1.82) is 0 Å². The first-order valence-corrected chi connectivity index (χ1v) is 8.72. The molecule has 0 aliphatic rings. The molecule has 0 saturated carbocycles. The second-order valence-electron chi connectivity index (χ2n) is 6.04. The Labute approximate surface area is 149 Å². The molecule has 0 radical (unpaired) electrons. The predicted octanol–water partition coefficient (Wildman–Crippen LogP) is 2.81. The van der Waals surface area contributed by atoms with Gasteiger partial charge in [0.1, 0.15) is 5.82 Å². The summed E-state index contributed by atoms with van der Waals surface area (Å²) >= 11 is 0. The van der Waals surface area contributed by atoms with Crippen molar-refractivity contribution in [2.75, 3.05) is 26.8 Å². The second kappa shape index (κ2) is 9.84. The molecule has 136 valence electrons. The molecule has 6 nitrogen and oxygen atoms in total. The minimum Gasteiger partial charge on any atom is -0.383 e. The largest absolute Gasteiger partial charge is 0.383 e. The van der Waals surface area contributed by atoms with E-state index in [1.165, 1.54) is 11.1 Å². The van der Waals surface area contributed by atoms with Gasteiger partial charge in [-0.05, 0) is 24.5 Å². The number of hydrogen-bond acceptors (Lipinski definition) is 3.